The fourth-order valence-corrected chi connectivity index (χ4v) is 4.87. The Labute approximate surface area is 196 Å². The Morgan fingerprint density at radius 3 is 2.78 bits per heavy atom. The minimum absolute atomic E-state index is 0.0983. The van der Waals surface area contributed by atoms with E-state index in [4.69, 9.17) is 30.8 Å². The van der Waals surface area contributed by atoms with Crippen LogP contribution in [0.1, 0.15) is 5.56 Å². The molecule has 0 N–H and O–H groups in total. The van der Waals surface area contributed by atoms with E-state index in [-0.39, 0.29) is 12.5 Å². The van der Waals surface area contributed by atoms with Crippen LogP contribution in [-0.2, 0) is 9.53 Å². The summed E-state index contributed by atoms with van der Waals surface area (Å²) in [7, 11) is 1.60. The van der Waals surface area contributed by atoms with E-state index in [1.54, 1.807) is 24.1 Å². The molecule has 0 aliphatic carbocycles. The number of ether oxygens (including phenoxy) is 3. The molecule has 0 unspecified atom stereocenters. The fraction of sp³-hybridized carbons (Fsp3) is 0.391. The van der Waals surface area contributed by atoms with Gasteiger partial charge in [0, 0.05) is 32.2 Å². The van der Waals surface area contributed by atoms with Crippen LogP contribution in [0.3, 0.4) is 0 Å². The highest BCUT2D eigenvalue weighted by atomic mass is 35.5. The van der Waals surface area contributed by atoms with Gasteiger partial charge in [0.1, 0.15) is 11.5 Å². The first-order valence-electron chi connectivity index (χ1n) is 10.5. The zero-order valence-electron chi connectivity index (χ0n) is 18.2. The van der Waals surface area contributed by atoms with Crippen molar-refractivity contribution >= 4 is 44.2 Å². The van der Waals surface area contributed by atoms with Crippen LogP contribution >= 0.6 is 22.9 Å². The Hall–Kier alpha value is -2.39. The van der Waals surface area contributed by atoms with Gasteiger partial charge in [-0.3, -0.25) is 14.6 Å². The van der Waals surface area contributed by atoms with E-state index in [1.807, 2.05) is 31.2 Å². The van der Waals surface area contributed by atoms with E-state index in [0.717, 1.165) is 35.4 Å². The Kier molecular flexibility index (Phi) is 7.47. The molecule has 1 aromatic heterocycles. The highest BCUT2D eigenvalue weighted by Crippen LogP contribution is 2.35. The lowest BCUT2D eigenvalue weighted by molar-refractivity contribution is -0.120. The predicted molar refractivity (Wildman–Crippen MR) is 127 cm³/mol. The van der Waals surface area contributed by atoms with Crippen molar-refractivity contribution < 1.29 is 19.0 Å². The third-order valence-corrected chi connectivity index (χ3v) is 6.90. The third kappa shape index (κ3) is 5.32. The number of aromatic nitrogens is 1. The molecule has 0 saturated carbocycles. The Morgan fingerprint density at radius 2 is 2.03 bits per heavy atom. The summed E-state index contributed by atoms with van der Waals surface area (Å²) in [4.78, 5) is 22.0. The third-order valence-electron chi connectivity index (χ3n) is 5.36. The van der Waals surface area contributed by atoms with Gasteiger partial charge in [0.05, 0.1) is 35.6 Å². The number of carbonyl (C=O) groups is 1. The van der Waals surface area contributed by atoms with Gasteiger partial charge in [-0.25, -0.2) is 4.98 Å². The maximum atomic E-state index is 13.3. The van der Waals surface area contributed by atoms with Gasteiger partial charge < -0.3 is 14.2 Å². The molecule has 1 aliphatic rings. The van der Waals surface area contributed by atoms with Gasteiger partial charge in [-0.2, -0.15) is 0 Å². The van der Waals surface area contributed by atoms with Crippen LogP contribution in [0.5, 0.6) is 11.5 Å². The van der Waals surface area contributed by atoms with Gasteiger partial charge in [-0.05, 0) is 30.7 Å². The molecule has 7 nitrogen and oxygen atoms in total. The number of amides is 1. The number of aryl methyl sites for hydroxylation is 1. The standard InChI is InChI=1S/C23H26ClN3O4S/c1-16-6-7-19(24)22-21(16)25-23(32-22)27(9-8-26-10-12-30-13-11-26)20(28)15-31-18-5-3-4-17(14-18)29-2/h3-7,14H,8-13,15H2,1-2H3. The van der Waals surface area contributed by atoms with Crippen LogP contribution < -0.4 is 14.4 Å². The highest BCUT2D eigenvalue weighted by Gasteiger charge is 2.23. The molecule has 1 amide bonds. The number of carbonyl (C=O) groups excluding carboxylic acids is 1. The van der Waals surface area contributed by atoms with Gasteiger partial charge in [0.2, 0.25) is 0 Å². The molecule has 2 aromatic carbocycles. The second-order valence-electron chi connectivity index (χ2n) is 7.51. The molecule has 2 heterocycles. The summed E-state index contributed by atoms with van der Waals surface area (Å²) < 4.78 is 17.3. The monoisotopic (exact) mass is 475 g/mol. The number of hydrogen-bond acceptors (Lipinski definition) is 7. The van der Waals surface area contributed by atoms with Crippen LogP contribution in [0.15, 0.2) is 36.4 Å². The Balaban J connectivity index is 1.54. The topological polar surface area (TPSA) is 64.1 Å². The predicted octanol–water partition coefficient (Wildman–Crippen LogP) is 4.01. The molecule has 4 rings (SSSR count). The number of methoxy groups -OCH3 is 1. The summed E-state index contributed by atoms with van der Waals surface area (Å²) in [6, 6.07) is 11.0. The van der Waals surface area contributed by atoms with E-state index in [0.29, 0.717) is 41.4 Å². The van der Waals surface area contributed by atoms with Gasteiger partial charge >= 0.3 is 0 Å². The number of anilines is 1. The van der Waals surface area contributed by atoms with Crippen molar-refractivity contribution in [3.8, 4) is 11.5 Å². The molecule has 0 bridgehead atoms. The SMILES string of the molecule is COc1cccc(OCC(=O)N(CCN2CCOCC2)c2nc3c(C)ccc(Cl)c3s2)c1. The maximum absolute atomic E-state index is 13.3. The Bertz CT molecular complexity index is 1050. The van der Waals surface area contributed by atoms with E-state index < -0.39 is 0 Å². The second kappa shape index (κ2) is 10.5. The van der Waals surface area contributed by atoms with E-state index in [1.165, 1.54) is 11.3 Å². The first-order valence-corrected chi connectivity index (χ1v) is 11.7. The highest BCUT2D eigenvalue weighted by molar-refractivity contribution is 7.23. The lowest BCUT2D eigenvalue weighted by Crippen LogP contribution is -2.44. The quantitative estimate of drug-likeness (QED) is 0.490. The summed E-state index contributed by atoms with van der Waals surface area (Å²) in [6.07, 6.45) is 0. The molecule has 0 atom stereocenters. The summed E-state index contributed by atoms with van der Waals surface area (Å²) in [5, 5.41) is 1.27. The molecule has 3 aromatic rings. The molecule has 1 fully saturated rings. The van der Waals surface area contributed by atoms with Crippen LogP contribution in [0.25, 0.3) is 10.2 Å². The molecule has 0 spiro atoms. The van der Waals surface area contributed by atoms with Crippen molar-refractivity contribution in [2.45, 2.75) is 6.92 Å². The average Bonchev–Trinajstić information content (AvgIpc) is 3.27. The number of thiazole rings is 1. The Morgan fingerprint density at radius 1 is 1.25 bits per heavy atom. The number of rotatable bonds is 8. The molecule has 1 aliphatic heterocycles. The summed E-state index contributed by atoms with van der Waals surface area (Å²) in [5.74, 6) is 1.10. The minimum Gasteiger partial charge on any atom is -0.497 e. The van der Waals surface area contributed by atoms with Crippen molar-refractivity contribution in [2.24, 2.45) is 0 Å². The van der Waals surface area contributed by atoms with Crippen molar-refractivity contribution in [1.82, 2.24) is 9.88 Å². The van der Waals surface area contributed by atoms with Gasteiger partial charge in [0.25, 0.3) is 5.91 Å². The number of hydrogen-bond donors (Lipinski definition) is 0. The van der Waals surface area contributed by atoms with Crippen molar-refractivity contribution in [1.29, 1.82) is 0 Å². The molecule has 9 heteroatoms. The zero-order chi connectivity index (χ0) is 22.5. The number of morpholine rings is 1. The molecular formula is C23H26ClN3O4S. The lowest BCUT2D eigenvalue weighted by atomic mass is 10.2. The molecule has 170 valence electrons. The number of fused-ring (bicyclic) bond motifs is 1. The maximum Gasteiger partial charge on any atom is 0.266 e. The van der Waals surface area contributed by atoms with Gasteiger partial charge in [-0.1, -0.05) is 35.1 Å². The summed E-state index contributed by atoms with van der Waals surface area (Å²) >= 11 is 7.84. The molecular weight excluding hydrogens is 450 g/mol. The minimum atomic E-state index is -0.158. The number of nitrogens with zero attached hydrogens (tertiary/aromatic N) is 3. The number of benzene rings is 2. The molecule has 0 radical (unpaired) electrons. The molecule has 32 heavy (non-hydrogen) atoms. The smallest absolute Gasteiger partial charge is 0.266 e. The zero-order valence-corrected chi connectivity index (χ0v) is 19.7. The van der Waals surface area contributed by atoms with Crippen LogP contribution in [0.4, 0.5) is 5.13 Å². The van der Waals surface area contributed by atoms with Crippen LogP contribution in [0.2, 0.25) is 5.02 Å². The average molecular weight is 476 g/mol. The largest absolute Gasteiger partial charge is 0.497 e. The normalized spacial score (nSPS) is 14.5. The lowest BCUT2D eigenvalue weighted by Gasteiger charge is -2.29. The summed E-state index contributed by atoms with van der Waals surface area (Å²) in [6.45, 7) is 6.27. The van der Waals surface area contributed by atoms with Crippen molar-refractivity contribution in [3.05, 3.63) is 47.0 Å². The van der Waals surface area contributed by atoms with E-state index in [9.17, 15) is 4.79 Å². The summed E-state index contributed by atoms with van der Waals surface area (Å²) in [5.41, 5.74) is 1.86. The van der Waals surface area contributed by atoms with Crippen LogP contribution in [-0.4, -0.2) is 68.9 Å². The first kappa shape index (κ1) is 22.8. The number of halogens is 1. The van der Waals surface area contributed by atoms with Gasteiger partial charge in [0.15, 0.2) is 11.7 Å². The van der Waals surface area contributed by atoms with Crippen LogP contribution in [0, 0.1) is 6.92 Å². The van der Waals surface area contributed by atoms with Crippen molar-refractivity contribution in [3.63, 3.8) is 0 Å². The first-order chi connectivity index (χ1) is 15.5. The fourth-order valence-electron chi connectivity index (χ4n) is 3.51. The van der Waals surface area contributed by atoms with E-state index >= 15 is 0 Å². The van der Waals surface area contributed by atoms with Gasteiger partial charge in [-0.15, -0.1) is 0 Å². The van der Waals surface area contributed by atoms with Crippen molar-refractivity contribution in [2.75, 3.05) is 58.0 Å². The van der Waals surface area contributed by atoms with E-state index in [2.05, 4.69) is 4.90 Å². The second-order valence-corrected chi connectivity index (χ2v) is 8.89. The molecule has 1 saturated heterocycles.